The fourth-order valence-corrected chi connectivity index (χ4v) is 1.87. The Bertz CT molecular complexity index is 660. The van der Waals surface area contributed by atoms with Crippen LogP contribution in [0, 0.1) is 6.92 Å². The van der Waals surface area contributed by atoms with Crippen LogP contribution in [-0.2, 0) is 4.79 Å². The van der Waals surface area contributed by atoms with Crippen molar-refractivity contribution in [3.8, 4) is 5.88 Å². The highest BCUT2D eigenvalue weighted by Crippen LogP contribution is 2.18. The lowest BCUT2D eigenvalue weighted by Gasteiger charge is -2.13. The van der Waals surface area contributed by atoms with Crippen LogP contribution in [-0.4, -0.2) is 33.5 Å². The first kappa shape index (κ1) is 16.7. The number of nitrogens with one attached hydrogen (secondary N) is 2. The molecule has 2 N–H and O–H groups in total. The molecule has 1 amide bonds. The van der Waals surface area contributed by atoms with Crippen LogP contribution in [0.2, 0.25) is 0 Å². The van der Waals surface area contributed by atoms with E-state index in [0.717, 1.165) is 5.69 Å². The Morgan fingerprint density at radius 3 is 2.78 bits per heavy atom. The van der Waals surface area contributed by atoms with Crippen molar-refractivity contribution in [1.29, 1.82) is 0 Å². The van der Waals surface area contributed by atoms with Crippen molar-refractivity contribution in [3.63, 3.8) is 0 Å². The van der Waals surface area contributed by atoms with Crippen LogP contribution in [0.3, 0.4) is 0 Å². The summed E-state index contributed by atoms with van der Waals surface area (Å²) in [7, 11) is 0. The molecule has 2 aromatic rings. The van der Waals surface area contributed by atoms with Gasteiger partial charge in [-0.1, -0.05) is 6.07 Å². The number of carbonyl (C=O) groups is 1. The van der Waals surface area contributed by atoms with Gasteiger partial charge < -0.3 is 15.4 Å². The summed E-state index contributed by atoms with van der Waals surface area (Å²) in [6, 6.07) is 5.49. The van der Waals surface area contributed by atoms with E-state index in [1.54, 1.807) is 18.5 Å². The molecule has 7 nitrogen and oxygen atoms in total. The smallest absolute Gasteiger partial charge is 0.257 e. The van der Waals surface area contributed by atoms with Gasteiger partial charge in [0.15, 0.2) is 5.82 Å². The second kappa shape index (κ2) is 8.07. The van der Waals surface area contributed by atoms with Gasteiger partial charge in [-0.2, -0.15) is 0 Å². The molecule has 0 bridgehead atoms. The van der Waals surface area contributed by atoms with E-state index in [4.69, 9.17) is 4.74 Å². The average molecular weight is 315 g/mol. The van der Waals surface area contributed by atoms with Crippen LogP contribution < -0.4 is 15.4 Å². The number of hydrogen-bond acceptors (Lipinski definition) is 6. The highest BCUT2D eigenvalue weighted by atomic mass is 16.5. The highest BCUT2D eigenvalue weighted by Gasteiger charge is 2.09. The molecule has 0 spiro atoms. The van der Waals surface area contributed by atoms with Gasteiger partial charge in [0.05, 0.1) is 6.10 Å². The van der Waals surface area contributed by atoms with Crippen molar-refractivity contribution in [3.05, 3.63) is 36.3 Å². The third-order valence-electron chi connectivity index (χ3n) is 2.81. The minimum Gasteiger partial charge on any atom is -0.472 e. The molecule has 0 fully saturated rings. The number of amides is 1. The van der Waals surface area contributed by atoms with Crippen molar-refractivity contribution in [1.82, 2.24) is 15.0 Å². The Kier molecular flexibility index (Phi) is 5.85. The van der Waals surface area contributed by atoms with Crippen LogP contribution in [0.1, 0.15) is 26.0 Å². The standard InChI is InChI=1S/C16H21N5O2/c1-11(2)23-16-15(18-9-10-19-16)17-8-7-14(22)21-13-6-4-5-12(3)20-13/h4-6,9-11H,7-8H2,1-3H3,(H,17,18)(H,20,21,22). The summed E-state index contributed by atoms with van der Waals surface area (Å²) in [6.07, 6.45) is 3.43. The Morgan fingerprint density at radius 2 is 2.04 bits per heavy atom. The fourth-order valence-electron chi connectivity index (χ4n) is 1.87. The Hall–Kier alpha value is -2.70. The zero-order valence-electron chi connectivity index (χ0n) is 13.5. The zero-order valence-corrected chi connectivity index (χ0v) is 13.5. The van der Waals surface area contributed by atoms with Gasteiger partial charge in [-0.05, 0) is 32.9 Å². The van der Waals surface area contributed by atoms with Gasteiger partial charge in [0.25, 0.3) is 5.88 Å². The van der Waals surface area contributed by atoms with Crippen LogP contribution in [0.25, 0.3) is 0 Å². The average Bonchev–Trinajstić information content (AvgIpc) is 2.48. The second-order valence-electron chi connectivity index (χ2n) is 5.27. The minimum atomic E-state index is -0.120. The number of ether oxygens (including phenoxy) is 1. The summed E-state index contributed by atoms with van der Waals surface area (Å²) in [6.45, 7) is 6.13. The first-order chi connectivity index (χ1) is 11.0. The topological polar surface area (TPSA) is 89.0 Å². The molecule has 0 aliphatic heterocycles. The lowest BCUT2D eigenvalue weighted by molar-refractivity contribution is -0.116. The van der Waals surface area contributed by atoms with Crippen molar-refractivity contribution in [2.24, 2.45) is 0 Å². The maximum atomic E-state index is 11.9. The second-order valence-corrected chi connectivity index (χ2v) is 5.27. The number of pyridine rings is 1. The van der Waals surface area contributed by atoms with E-state index < -0.39 is 0 Å². The molecule has 0 unspecified atom stereocenters. The first-order valence-electron chi connectivity index (χ1n) is 7.49. The van der Waals surface area contributed by atoms with Gasteiger partial charge in [0.1, 0.15) is 5.82 Å². The summed E-state index contributed by atoms with van der Waals surface area (Å²) >= 11 is 0. The molecule has 0 radical (unpaired) electrons. The number of anilines is 2. The largest absolute Gasteiger partial charge is 0.472 e. The maximum absolute atomic E-state index is 11.9. The molecule has 2 rings (SSSR count). The molecular formula is C16H21N5O2. The Balaban J connectivity index is 1.84. The predicted octanol–water partition coefficient (Wildman–Crippen LogP) is 2.41. The van der Waals surface area contributed by atoms with E-state index in [1.807, 2.05) is 32.9 Å². The number of rotatable bonds is 7. The van der Waals surface area contributed by atoms with Gasteiger partial charge in [0, 0.05) is 31.1 Å². The molecule has 0 aliphatic rings. The molecule has 2 aromatic heterocycles. The molecular weight excluding hydrogens is 294 g/mol. The van der Waals surface area contributed by atoms with E-state index in [1.165, 1.54) is 0 Å². The van der Waals surface area contributed by atoms with Crippen LogP contribution in [0.5, 0.6) is 5.88 Å². The third-order valence-corrected chi connectivity index (χ3v) is 2.81. The molecule has 0 aromatic carbocycles. The van der Waals surface area contributed by atoms with Gasteiger partial charge in [-0.15, -0.1) is 0 Å². The van der Waals surface area contributed by atoms with E-state index >= 15 is 0 Å². The lowest BCUT2D eigenvalue weighted by Crippen LogP contribution is -2.18. The van der Waals surface area contributed by atoms with Gasteiger partial charge in [-0.3, -0.25) is 4.79 Å². The fraction of sp³-hybridized carbons (Fsp3) is 0.375. The molecule has 0 atom stereocenters. The van der Waals surface area contributed by atoms with Crippen molar-refractivity contribution >= 4 is 17.5 Å². The highest BCUT2D eigenvalue weighted by molar-refractivity contribution is 5.90. The summed E-state index contributed by atoms with van der Waals surface area (Å²) < 4.78 is 5.57. The molecule has 2 heterocycles. The first-order valence-corrected chi connectivity index (χ1v) is 7.49. The van der Waals surface area contributed by atoms with E-state index in [2.05, 4.69) is 25.6 Å². The molecule has 122 valence electrons. The number of aryl methyl sites for hydroxylation is 1. The molecule has 23 heavy (non-hydrogen) atoms. The van der Waals surface area contributed by atoms with Gasteiger partial charge >= 0.3 is 0 Å². The van der Waals surface area contributed by atoms with Gasteiger partial charge in [0.2, 0.25) is 5.91 Å². The number of aromatic nitrogens is 3. The van der Waals surface area contributed by atoms with Crippen LogP contribution in [0.15, 0.2) is 30.6 Å². The molecule has 0 aliphatic carbocycles. The van der Waals surface area contributed by atoms with Crippen molar-refractivity contribution in [2.75, 3.05) is 17.2 Å². The molecule has 7 heteroatoms. The van der Waals surface area contributed by atoms with E-state index in [0.29, 0.717) is 24.1 Å². The molecule has 0 saturated heterocycles. The molecule has 0 saturated carbocycles. The number of nitrogens with zero attached hydrogens (tertiary/aromatic N) is 3. The van der Waals surface area contributed by atoms with Crippen molar-refractivity contribution in [2.45, 2.75) is 33.3 Å². The lowest BCUT2D eigenvalue weighted by atomic mass is 10.3. The summed E-state index contributed by atoms with van der Waals surface area (Å²) in [5.41, 5.74) is 0.857. The summed E-state index contributed by atoms with van der Waals surface area (Å²) in [5.74, 6) is 1.40. The quantitative estimate of drug-likeness (QED) is 0.815. The van der Waals surface area contributed by atoms with E-state index in [-0.39, 0.29) is 18.4 Å². The zero-order chi connectivity index (χ0) is 16.7. The number of hydrogen-bond donors (Lipinski definition) is 2. The van der Waals surface area contributed by atoms with Gasteiger partial charge in [-0.25, -0.2) is 15.0 Å². The summed E-state index contributed by atoms with van der Waals surface area (Å²) in [4.78, 5) is 24.5. The monoisotopic (exact) mass is 315 g/mol. The third kappa shape index (κ3) is 5.54. The van der Waals surface area contributed by atoms with Crippen molar-refractivity contribution < 1.29 is 9.53 Å². The maximum Gasteiger partial charge on any atom is 0.257 e. The van der Waals surface area contributed by atoms with Crippen LogP contribution in [0.4, 0.5) is 11.6 Å². The minimum absolute atomic E-state index is 0.00273. The van der Waals surface area contributed by atoms with E-state index in [9.17, 15) is 4.79 Å². The Labute approximate surface area is 135 Å². The summed E-state index contributed by atoms with van der Waals surface area (Å²) in [5, 5.41) is 5.83. The SMILES string of the molecule is Cc1cccc(NC(=O)CCNc2nccnc2OC(C)C)n1. The predicted molar refractivity (Wildman–Crippen MR) is 88.5 cm³/mol. The van der Waals surface area contributed by atoms with Crippen LogP contribution >= 0.6 is 0 Å². The normalized spacial score (nSPS) is 10.4. The number of carbonyl (C=O) groups excluding carboxylic acids is 1. The Morgan fingerprint density at radius 1 is 1.26 bits per heavy atom.